The molecule has 0 rings (SSSR count). The van der Waals surface area contributed by atoms with Crippen LogP contribution in [0, 0.1) is 0 Å². The van der Waals surface area contributed by atoms with E-state index in [2.05, 4.69) is 0 Å². The van der Waals surface area contributed by atoms with Crippen LogP contribution in [0.5, 0.6) is 0 Å². The molecule has 0 atom stereocenters. The van der Waals surface area contributed by atoms with Gasteiger partial charge in [0.1, 0.15) is 0 Å². The molecule has 0 heterocycles. The largest absolute Gasteiger partial charge is 2.00 e. The van der Waals surface area contributed by atoms with E-state index in [-0.39, 0.29) is 58.0 Å². The summed E-state index contributed by atoms with van der Waals surface area (Å²) in [6.45, 7) is 0. The minimum Gasteiger partial charge on any atom is -1.00 e. The maximum Gasteiger partial charge on any atom is 2.00 e. The Hall–Kier alpha value is 1.06. The van der Waals surface area contributed by atoms with Gasteiger partial charge in [0.05, 0.1) is 0 Å². The first-order chi connectivity index (χ1) is 1.73. The van der Waals surface area contributed by atoms with Crippen molar-refractivity contribution < 1.29 is 35.2 Å². The van der Waals surface area contributed by atoms with Crippen LogP contribution in [0.2, 0.25) is 0 Å². The normalized spacial score (nSPS) is 4.00. The molecule has 0 unspecified atom stereocenters. The number of hydrogen-bond acceptors (Lipinski definition) is 1. The van der Waals surface area contributed by atoms with Gasteiger partial charge in [-0.25, -0.2) is 4.79 Å². The van der Waals surface area contributed by atoms with Crippen molar-refractivity contribution in [2.24, 2.45) is 0 Å². The molecule has 0 aliphatic carbocycles. The average molecular weight is 156 g/mol. The van der Waals surface area contributed by atoms with Crippen LogP contribution in [0.1, 0.15) is 2.85 Å². The zero-order valence-electron chi connectivity index (χ0n) is 4.92. The topological polar surface area (TPSA) is 57.5 Å². The van der Waals surface area contributed by atoms with E-state index in [1.54, 1.807) is 0 Å². The van der Waals surface area contributed by atoms with Crippen molar-refractivity contribution in [3.8, 4) is 0 Å². The molecule has 0 aliphatic heterocycles. The van der Waals surface area contributed by atoms with E-state index in [0.29, 0.717) is 0 Å². The number of carboxylic acid groups (broad SMARTS) is 2. The quantitative estimate of drug-likeness (QED) is 0.488. The fraction of sp³-hybridized carbons (Fsp3) is 0. The van der Waals surface area contributed by atoms with Crippen LogP contribution >= 0.6 is 0 Å². The Balaban J connectivity index is -0.00000000750. The summed E-state index contributed by atoms with van der Waals surface area (Å²) in [6.07, 6.45) is -1.83. The molecule has 0 radical (unpaired) electrons. The van der Waals surface area contributed by atoms with Gasteiger partial charge in [-0.05, 0) is 0 Å². The van der Waals surface area contributed by atoms with Crippen LogP contribution in [0.4, 0.5) is 4.79 Å². The summed E-state index contributed by atoms with van der Waals surface area (Å²) >= 11 is 0. The van der Waals surface area contributed by atoms with Crippen LogP contribution in [-0.4, -0.2) is 54.1 Å². The van der Waals surface area contributed by atoms with Gasteiger partial charge in [0.25, 0.3) is 0 Å². The molecule has 0 aromatic heterocycles. The first-order valence-electron chi connectivity index (χ1n) is 0.651. The van der Waals surface area contributed by atoms with E-state index < -0.39 is 6.16 Å². The molecule has 0 spiro atoms. The van der Waals surface area contributed by atoms with Crippen LogP contribution in [0.3, 0.4) is 0 Å². The molecule has 0 saturated carbocycles. The van der Waals surface area contributed by atoms with Gasteiger partial charge < -0.3 is 13.1 Å². The Morgan fingerprint density at radius 1 is 1.50 bits per heavy atom. The Kier molecular flexibility index (Phi) is 24.7. The smallest absolute Gasteiger partial charge is 1.00 e. The predicted molar refractivity (Wildman–Crippen MR) is 18.6 cm³/mol. The molecule has 0 aromatic carbocycles. The van der Waals surface area contributed by atoms with Gasteiger partial charge in [0.2, 0.25) is 0 Å². The van der Waals surface area contributed by atoms with E-state index in [1.807, 2.05) is 0 Å². The molecule has 6 heavy (non-hydrogen) atoms. The van der Waals surface area contributed by atoms with Gasteiger partial charge in [-0.2, -0.15) is 0 Å². The molecule has 0 fully saturated rings. The zero-order valence-corrected chi connectivity index (χ0v) is 6.40. The first kappa shape index (κ1) is 15.7. The molecule has 0 saturated heterocycles. The van der Waals surface area contributed by atoms with Gasteiger partial charge in [-0.1, -0.05) is 0 Å². The van der Waals surface area contributed by atoms with Crippen molar-refractivity contribution in [1.29, 1.82) is 0 Å². The zero-order chi connectivity index (χ0) is 3.58. The Morgan fingerprint density at radius 3 is 1.50 bits per heavy atom. The molecule has 2 N–H and O–H groups in total. The molecule has 0 amide bonds. The van der Waals surface area contributed by atoms with Gasteiger partial charge in [-0.3, -0.25) is 0 Å². The summed E-state index contributed by atoms with van der Waals surface area (Å²) in [5.74, 6) is 0. The Bertz CT molecular complexity index is 40.3. The van der Waals surface area contributed by atoms with E-state index in [1.165, 1.54) is 0 Å². The number of carbonyl (C=O) groups is 1. The average Bonchev–Trinajstić information content (AvgIpc) is 0.811. The second kappa shape index (κ2) is 9.41. The second-order valence-electron chi connectivity index (χ2n) is 0.283. The fourth-order valence-corrected chi connectivity index (χ4v) is 0. The van der Waals surface area contributed by atoms with Gasteiger partial charge >= 0.3 is 43.9 Å². The molecule has 0 aliphatic rings. The maximum atomic E-state index is 8.56. The van der Waals surface area contributed by atoms with Gasteiger partial charge in [0, 0.05) is 17.4 Å². The summed E-state index contributed by atoms with van der Waals surface area (Å²) in [7, 11) is 0. The van der Waals surface area contributed by atoms with E-state index in [0.717, 1.165) is 0 Å². The number of hydrogen-bond donors (Lipinski definition) is 2. The summed E-state index contributed by atoms with van der Waals surface area (Å²) in [6, 6.07) is 0. The van der Waals surface area contributed by atoms with Crippen LogP contribution in [0.25, 0.3) is 0 Å². The van der Waals surface area contributed by atoms with Gasteiger partial charge in [-0.15, -0.1) is 0 Å². The van der Waals surface area contributed by atoms with Crippen molar-refractivity contribution in [2.45, 2.75) is 0 Å². The van der Waals surface area contributed by atoms with E-state index in [9.17, 15) is 0 Å². The summed E-state index contributed by atoms with van der Waals surface area (Å²) in [4.78, 5) is 8.56. The van der Waals surface area contributed by atoms with Crippen LogP contribution < -0.4 is 0 Å². The molecule has 34 valence electrons. The predicted octanol–water partition coefficient (Wildman–Crippen LogP) is 0.0641. The fourth-order valence-electron chi connectivity index (χ4n) is 0. The molecule has 0 bridgehead atoms. The second-order valence-corrected chi connectivity index (χ2v) is 0.283. The third-order valence-corrected chi connectivity index (χ3v) is 0. The molecule has 3 nitrogen and oxygen atoms in total. The SMILES string of the molecule is O=C(O)O.[Ca+2].[Cr].[H-].[H-]. The Morgan fingerprint density at radius 2 is 1.50 bits per heavy atom. The third-order valence-electron chi connectivity index (χ3n) is 0. The molecule has 0 aromatic rings. The summed E-state index contributed by atoms with van der Waals surface area (Å²) in [5, 5.41) is 13.9. The first-order valence-corrected chi connectivity index (χ1v) is 0.651. The molecular formula is CH4CaCrO3. The minimum atomic E-state index is -1.83. The molecular weight excluding hydrogens is 152 g/mol. The van der Waals surface area contributed by atoms with Crippen molar-refractivity contribution in [2.75, 3.05) is 0 Å². The standard InChI is InChI=1S/CH2O3.Ca.Cr.2H/c2-1(3)4;;;;/h(H2,2,3,4);;;;/q;+2;;2*-1. The minimum absolute atomic E-state index is 0. The molecule has 5 heteroatoms. The summed E-state index contributed by atoms with van der Waals surface area (Å²) in [5.41, 5.74) is 0. The van der Waals surface area contributed by atoms with E-state index in [4.69, 9.17) is 15.0 Å². The van der Waals surface area contributed by atoms with Crippen molar-refractivity contribution in [3.05, 3.63) is 0 Å². The van der Waals surface area contributed by atoms with E-state index >= 15 is 0 Å². The maximum absolute atomic E-state index is 8.56. The number of rotatable bonds is 0. The van der Waals surface area contributed by atoms with Crippen molar-refractivity contribution >= 4 is 43.9 Å². The monoisotopic (exact) mass is 156 g/mol. The van der Waals surface area contributed by atoms with Crippen LogP contribution in [-0.2, 0) is 17.4 Å². The van der Waals surface area contributed by atoms with Crippen molar-refractivity contribution in [1.82, 2.24) is 0 Å². The van der Waals surface area contributed by atoms with Crippen LogP contribution in [0.15, 0.2) is 0 Å². The Labute approximate surface area is 78.4 Å². The summed E-state index contributed by atoms with van der Waals surface area (Å²) < 4.78 is 0. The third kappa shape index (κ3) is 74.0. The van der Waals surface area contributed by atoms with Crippen molar-refractivity contribution in [3.63, 3.8) is 0 Å². The van der Waals surface area contributed by atoms with Gasteiger partial charge in [0.15, 0.2) is 0 Å².